The first kappa shape index (κ1) is 21.8. The van der Waals surface area contributed by atoms with E-state index in [0.717, 1.165) is 27.9 Å². The van der Waals surface area contributed by atoms with Crippen LogP contribution in [0.2, 0.25) is 0 Å². The number of aromatic nitrogens is 4. The van der Waals surface area contributed by atoms with E-state index >= 15 is 0 Å². The quantitative estimate of drug-likeness (QED) is 0.498. The van der Waals surface area contributed by atoms with Crippen molar-refractivity contribution in [2.45, 2.75) is 13.0 Å². The number of rotatable bonds is 4. The molecular formula is C25H26N6O3. The lowest BCUT2D eigenvalue weighted by molar-refractivity contribution is -0.00139. The van der Waals surface area contributed by atoms with Gasteiger partial charge in [0.1, 0.15) is 17.8 Å². The minimum atomic E-state index is -0.197. The second-order valence-corrected chi connectivity index (χ2v) is 8.28. The number of carbonyl (C=O) groups excluding carboxylic acids is 1. The van der Waals surface area contributed by atoms with Crippen LogP contribution >= 0.6 is 0 Å². The number of nitrogens with one attached hydrogen (secondary N) is 1. The molecule has 1 aliphatic rings. The Morgan fingerprint density at radius 1 is 1.18 bits per heavy atom. The zero-order valence-electron chi connectivity index (χ0n) is 19.4. The van der Waals surface area contributed by atoms with Gasteiger partial charge in [0.05, 0.1) is 36.7 Å². The Kier molecular flexibility index (Phi) is 5.85. The van der Waals surface area contributed by atoms with Gasteiger partial charge in [0, 0.05) is 48.9 Å². The molecule has 5 rings (SSSR count). The molecule has 1 aliphatic heterocycles. The van der Waals surface area contributed by atoms with E-state index in [1.807, 2.05) is 62.6 Å². The van der Waals surface area contributed by atoms with Crippen molar-refractivity contribution in [3.63, 3.8) is 0 Å². The monoisotopic (exact) mass is 458 g/mol. The lowest BCUT2D eigenvalue weighted by Gasteiger charge is -2.31. The number of ether oxygens (including phenoxy) is 2. The van der Waals surface area contributed by atoms with E-state index in [-0.39, 0.29) is 12.1 Å². The molecule has 2 aromatic heterocycles. The number of fused-ring (bicyclic) bond motifs is 1. The zero-order chi connectivity index (χ0) is 23.7. The second kappa shape index (κ2) is 9.11. The number of aryl methyl sites for hydroxylation is 1. The highest BCUT2D eigenvalue weighted by atomic mass is 16.5. The summed E-state index contributed by atoms with van der Waals surface area (Å²) in [5.74, 6) is 0.529. The number of carbonyl (C=O) groups is 1. The molecule has 174 valence electrons. The minimum Gasteiger partial charge on any atom is -0.494 e. The molecular weight excluding hydrogens is 432 g/mol. The third-order valence-electron chi connectivity index (χ3n) is 5.86. The molecule has 0 radical (unpaired) electrons. The number of benzene rings is 2. The summed E-state index contributed by atoms with van der Waals surface area (Å²) in [6, 6.07) is 13.5. The van der Waals surface area contributed by atoms with E-state index < -0.39 is 0 Å². The Balaban J connectivity index is 1.59. The number of morpholine rings is 1. The van der Waals surface area contributed by atoms with Crippen LogP contribution in [0.3, 0.4) is 0 Å². The summed E-state index contributed by atoms with van der Waals surface area (Å²) in [6.45, 7) is 3.55. The summed E-state index contributed by atoms with van der Waals surface area (Å²) < 4.78 is 12.9. The van der Waals surface area contributed by atoms with Crippen LogP contribution in [0.25, 0.3) is 33.4 Å². The Morgan fingerprint density at radius 2 is 2.00 bits per heavy atom. The molecule has 0 saturated carbocycles. The van der Waals surface area contributed by atoms with E-state index in [0.29, 0.717) is 36.6 Å². The van der Waals surface area contributed by atoms with Gasteiger partial charge in [0.15, 0.2) is 0 Å². The first-order chi connectivity index (χ1) is 16.5. The van der Waals surface area contributed by atoms with Crippen LogP contribution in [0.4, 0.5) is 10.5 Å². The maximum atomic E-state index is 13.0. The second-order valence-electron chi connectivity index (χ2n) is 8.28. The Labute approximate surface area is 197 Å². The predicted molar refractivity (Wildman–Crippen MR) is 130 cm³/mol. The fourth-order valence-corrected chi connectivity index (χ4v) is 4.23. The summed E-state index contributed by atoms with van der Waals surface area (Å²) in [7, 11) is 3.46. The van der Waals surface area contributed by atoms with E-state index in [2.05, 4.69) is 20.4 Å². The van der Waals surface area contributed by atoms with Gasteiger partial charge >= 0.3 is 6.03 Å². The third kappa shape index (κ3) is 4.17. The largest absolute Gasteiger partial charge is 0.494 e. The Bertz CT molecular complexity index is 1340. The number of hydrogen-bond donors (Lipinski definition) is 1. The average Bonchev–Trinajstić information content (AvgIpc) is 3.25. The summed E-state index contributed by atoms with van der Waals surface area (Å²) in [5.41, 5.74) is 4.70. The SMILES string of the molecule is COc1cc2ncnc(-c3cn(C)nc3-c3ccccc3)c2cc1NC(=O)N1CCOC(C)C1. The highest BCUT2D eigenvalue weighted by molar-refractivity contribution is 6.01. The topological polar surface area (TPSA) is 94.4 Å². The Hall–Kier alpha value is -3.98. The summed E-state index contributed by atoms with van der Waals surface area (Å²) in [4.78, 5) is 23.8. The van der Waals surface area contributed by atoms with Crippen molar-refractivity contribution < 1.29 is 14.3 Å². The molecule has 0 bridgehead atoms. The van der Waals surface area contributed by atoms with Crippen molar-refractivity contribution in [2.75, 3.05) is 32.1 Å². The van der Waals surface area contributed by atoms with Crippen LogP contribution in [-0.2, 0) is 11.8 Å². The highest BCUT2D eigenvalue weighted by Crippen LogP contribution is 2.37. The molecule has 1 fully saturated rings. The fraction of sp³-hybridized carbons (Fsp3) is 0.280. The van der Waals surface area contributed by atoms with Gasteiger partial charge in [0.25, 0.3) is 0 Å². The minimum absolute atomic E-state index is 0.00000938. The van der Waals surface area contributed by atoms with Crippen LogP contribution < -0.4 is 10.1 Å². The van der Waals surface area contributed by atoms with E-state index in [4.69, 9.17) is 9.47 Å². The maximum Gasteiger partial charge on any atom is 0.322 e. The molecule has 4 aromatic rings. The van der Waals surface area contributed by atoms with Crippen molar-refractivity contribution in [2.24, 2.45) is 7.05 Å². The van der Waals surface area contributed by atoms with Crippen molar-refractivity contribution in [1.82, 2.24) is 24.6 Å². The highest BCUT2D eigenvalue weighted by Gasteiger charge is 2.23. The lowest BCUT2D eigenvalue weighted by Crippen LogP contribution is -2.46. The maximum absolute atomic E-state index is 13.0. The van der Waals surface area contributed by atoms with Gasteiger partial charge in [-0.05, 0) is 13.0 Å². The molecule has 1 N–H and O–H groups in total. The predicted octanol–water partition coefficient (Wildman–Crippen LogP) is 3.96. The number of nitrogens with zero attached hydrogens (tertiary/aromatic N) is 5. The first-order valence-corrected chi connectivity index (χ1v) is 11.1. The van der Waals surface area contributed by atoms with Gasteiger partial charge in [-0.25, -0.2) is 14.8 Å². The number of methoxy groups -OCH3 is 1. The molecule has 1 atom stereocenters. The molecule has 2 aromatic carbocycles. The third-order valence-corrected chi connectivity index (χ3v) is 5.86. The normalized spacial score (nSPS) is 16.0. The van der Waals surface area contributed by atoms with Crippen molar-refractivity contribution >= 4 is 22.6 Å². The van der Waals surface area contributed by atoms with Crippen molar-refractivity contribution in [3.8, 4) is 28.3 Å². The van der Waals surface area contributed by atoms with E-state index in [9.17, 15) is 4.79 Å². The van der Waals surface area contributed by atoms with Crippen LogP contribution in [-0.4, -0.2) is 63.6 Å². The van der Waals surface area contributed by atoms with Crippen molar-refractivity contribution in [3.05, 3.63) is 55.0 Å². The van der Waals surface area contributed by atoms with Crippen LogP contribution in [0.15, 0.2) is 55.0 Å². The summed E-state index contributed by atoms with van der Waals surface area (Å²) in [6.07, 6.45) is 3.48. The number of amides is 2. The molecule has 1 saturated heterocycles. The first-order valence-electron chi connectivity index (χ1n) is 11.1. The van der Waals surface area contributed by atoms with E-state index in [1.54, 1.807) is 16.7 Å². The van der Waals surface area contributed by atoms with Gasteiger partial charge in [-0.2, -0.15) is 5.10 Å². The molecule has 34 heavy (non-hydrogen) atoms. The fourth-order valence-electron chi connectivity index (χ4n) is 4.23. The zero-order valence-corrected chi connectivity index (χ0v) is 19.4. The number of hydrogen-bond acceptors (Lipinski definition) is 6. The molecule has 0 spiro atoms. The van der Waals surface area contributed by atoms with Gasteiger partial charge < -0.3 is 19.7 Å². The van der Waals surface area contributed by atoms with Gasteiger partial charge in [-0.3, -0.25) is 4.68 Å². The molecule has 2 amide bonds. The van der Waals surface area contributed by atoms with Gasteiger partial charge in [0.2, 0.25) is 0 Å². The number of anilines is 1. The Morgan fingerprint density at radius 3 is 2.76 bits per heavy atom. The molecule has 9 heteroatoms. The molecule has 1 unspecified atom stereocenters. The lowest BCUT2D eigenvalue weighted by atomic mass is 10.0. The molecule has 9 nitrogen and oxygen atoms in total. The smallest absolute Gasteiger partial charge is 0.322 e. The van der Waals surface area contributed by atoms with Crippen LogP contribution in [0.1, 0.15) is 6.92 Å². The summed E-state index contributed by atoms with van der Waals surface area (Å²) >= 11 is 0. The average molecular weight is 459 g/mol. The van der Waals surface area contributed by atoms with Gasteiger partial charge in [-0.15, -0.1) is 0 Å². The number of urea groups is 1. The standard InChI is InChI=1S/C25H26N6O3/c1-16-13-31(9-10-34-16)25(32)28-21-11-18-20(12-22(21)33-3)26-15-27-24(18)19-14-30(2)29-23(19)17-7-5-4-6-8-17/h4-8,11-12,14-16H,9-10,13H2,1-3H3,(H,28,32). The van der Waals surface area contributed by atoms with Crippen molar-refractivity contribution in [1.29, 1.82) is 0 Å². The van der Waals surface area contributed by atoms with Crippen LogP contribution in [0, 0.1) is 0 Å². The van der Waals surface area contributed by atoms with Gasteiger partial charge in [-0.1, -0.05) is 30.3 Å². The molecule has 0 aliphatic carbocycles. The summed E-state index contributed by atoms with van der Waals surface area (Å²) in [5, 5.41) is 8.48. The van der Waals surface area contributed by atoms with Crippen LogP contribution in [0.5, 0.6) is 5.75 Å². The molecule has 3 heterocycles. The van der Waals surface area contributed by atoms with E-state index in [1.165, 1.54) is 6.33 Å².